The van der Waals surface area contributed by atoms with Gasteiger partial charge in [-0.2, -0.15) is 0 Å². The van der Waals surface area contributed by atoms with Gasteiger partial charge >= 0.3 is 0 Å². The fourth-order valence-electron chi connectivity index (χ4n) is 4.77. The Balaban J connectivity index is 1.79. The van der Waals surface area contributed by atoms with Crippen LogP contribution in [0, 0.1) is 23.7 Å². The van der Waals surface area contributed by atoms with Crippen molar-refractivity contribution in [2.45, 2.75) is 52.7 Å². The van der Waals surface area contributed by atoms with Crippen molar-refractivity contribution in [2.24, 2.45) is 23.7 Å². The Hall–Kier alpha value is -1.88. The van der Waals surface area contributed by atoms with Crippen LogP contribution in [0.1, 0.15) is 61.3 Å². The highest BCUT2D eigenvalue weighted by atomic mass is 79.9. The van der Waals surface area contributed by atoms with Crippen LogP contribution in [-0.2, 0) is 13.2 Å². The zero-order valence-electron chi connectivity index (χ0n) is 17.2. The average molecular weight is 458 g/mol. The third kappa shape index (κ3) is 3.81. The molecule has 154 valence electrons. The number of carbonyl (C=O) groups is 1. The van der Waals surface area contributed by atoms with Crippen LogP contribution in [0.2, 0.25) is 0 Å². The van der Waals surface area contributed by atoms with Gasteiger partial charge in [0, 0.05) is 18.2 Å². The molecule has 0 bridgehead atoms. The summed E-state index contributed by atoms with van der Waals surface area (Å²) in [6.45, 7) is 7.78. The number of fused-ring (bicyclic) bond motifs is 1. The Morgan fingerprint density at radius 3 is 2.52 bits per heavy atom. The Bertz CT molecular complexity index is 966. The first-order valence-corrected chi connectivity index (χ1v) is 11.3. The van der Waals surface area contributed by atoms with E-state index in [1.165, 1.54) is 6.42 Å². The highest BCUT2D eigenvalue weighted by molar-refractivity contribution is 9.10. The lowest BCUT2D eigenvalue weighted by atomic mass is 9.78. The van der Waals surface area contributed by atoms with Crippen molar-refractivity contribution in [3.63, 3.8) is 0 Å². The normalized spacial score (nSPS) is 25.6. The number of ether oxygens (including phenoxy) is 1. The highest BCUT2D eigenvalue weighted by Gasteiger charge is 2.46. The lowest BCUT2D eigenvalue weighted by Gasteiger charge is -2.37. The van der Waals surface area contributed by atoms with E-state index in [1.807, 2.05) is 30.3 Å². The molecule has 4 nitrogen and oxygen atoms in total. The van der Waals surface area contributed by atoms with Crippen LogP contribution in [0.4, 0.5) is 0 Å². The third-order valence-electron chi connectivity index (χ3n) is 6.74. The molecule has 0 saturated heterocycles. The standard InChI is InChI=1S/C24H28BrNO3/c1-14(2)17-10-19(18-9-15(18)3)22-21(25)23(28)24(20(12-27)26(22)11-17)29-13-16-7-5-4-6-8-16/h4-8,12,14-15,17-19H,9-11,13H2,1-3H3. The lowest BCUT2D eigenvalue weighted by molar-refractivity contribution is 0.110. The van der Waals surface area contributed by atoms with Gasteiger partial charge in [0.05, 0.1) is 4.47 Å². The van der Waals surface area contributed by atoms with Crippen molar-refractivity contribution in [1.82, 2.24) is 4.57 Å². The van der Waals surface area contributed by atoms with E-state index >= 15 is 0 Å². The molecule has 1 aromatic heterocycles. The van der Waals surface area contributed by atoms with Crippen LogP contribution in [0.3, 0.4) is 0 Å². The summed E-state index contributed by atoms with van der Waals surface area (Å²) in [5, 5.41) is 0. The molecule has 0 amide bonds. The van der Waals surface area contributed by atoms with E-state index in [2.05, 4.69) is 41.3 Å². The number of benzene rings is 1. The molecule has 2 aliphatic rings. The zero-order valence-corrected chi connectivity index (χ0v) is 18.8. The van der Waals surface area contributed by atoms with E-state index < -0.39 is 0 Å². The van der Waals surface area contributed by atoms with E-state index in [0.29, 0.717) is 39.8 Å². The van der Waals surface area contributed by atoms with Crippen molar-refractivity contribution >= 4 is 22.2 Å². The fraction of sp³-hybridized carbons (Fsp3) is 0.500. The maximum absolute atomic E-state index is 13.2. The van der Waals surface area contributed by atoms with Gasteiger partial charge in [-0.15, -0.1) is 0 Å². The van der Waals surface area contributed by atoms with Crippen molar-refractivity contribution in [3.8, 4) is 5.75 Å². The van der Waals surface area contributed by atoms with Gasteiger partial charge in [0.1, 0.15) is 12.3 Å². The number of halogens is 1. The molecule has 0 spiro atoms. The van der Waals surface area contributed by atoms with Gasteiger partial charge in [-0.3, -0.25) is 9.59 Å². The molecule has 2 heterocycles. The average Bonchev–Trinajstić information content (AvgIpc) is 3.45. The van der Waals surface area contributed by atoms with Crippen LogP contribution in [0.5, 0.6) is 5.75 Å². The van der Waals surface area contributed by atoms with Crippen molar-refractivity contribution < 1.29 is 9.53 Å². The Kier molecular flexibility index (Phi) is 5.69. The van der Waals surface area contributed by atoms with Gasteiger partial charge in [-0.1, -0.05) is 51.1 Å². The summed E-state index contributed by atoms with van der Waals surface area (Å²) in [6.07, 6.45) is 3.07. The topological polar surface area (TPSA) is 48.3 Å². The molecule has 1 aliphatic carbocycles. The van der Waals surface area contributed by atoms with Gasteiger partial charge in [-0.05, 0) is 58.0 Å². The highest BCUT2D eigenvalue weighted by Crippen LogP contribution is 2.54. The molecule has 4 rings (SSSR count). The number of nitrogens with zero attached hydrogens (tertiary/aromatic N) is 1. The summed E-state index contributed by atoms with van der Waals surface area (Å²) in [6, 6.07) is 9.71. The molecular weight excluding hydrogens is 430 g/mol. The van der Waals surface area contributed by atoms with Crippen molar-refractivity contribution in [1.29, 1.82) is 0 Å². The summed E-state index contributed by atoms with van der Waals surface area (Å²) < 4.78 is 8.56. The molecule has 0 N–H and O–H groups in total. The molecule has 0 radical (unpaired) electrons. The van der Waals surface area contributed by atoms with Crippen LogP contribution in [0.15, 0.2) is 39.6 Å². The zero-order chi connectivity index (χ0) is 20.7. The first-order chi connectivity index (χ1) is 13.9. The molecule has 1 aromatic carbocycles. The van der Waals surface area contributed by atoms with E-state index in [-0.39, 0.29) is 17.8 Å². The fourth-order valence-corrected chi connectivity index (χ4v) is 5.46. The minimum atomic E-state index is -0.212. The second kappa shape index (κ2) is 8.10. The lowest BCUT2D eigenvalue weighted by Crippen LogP contribution is -2.34. The number of hydrogen-bond donors (Lipinski definition) is 0. The van der Waals surface area contributed by atoms with Crippen LogP contribution in [0.25, 0.3) is 0 Å². The van der Waals surface area contributed by atoms with Crippen LogP contribution < -0.4 is 10.2 Å². The number of pyridine rings is 1. The van der Waals surface area contributed by atoms with Crippen LogP contribution >= 0.6 is 15.9 Å². The largest absolute Gasteiger partial charge is 0.483 e. The molecular formula is C24H28BrNO3. The molecule has 29 heavy (non-hydrogen) atoms. The molecule has 2 aromatic rings. The third-order valence-corrected chi connectivity index (χ3v) is 7.51. The van der Waals surface area contributed by atoms with Crippen molar-refractivity contribution in [2.75, 3.05) is 0 Å². The van der Waals surface area contributed by atoms with E-state index in [0.717, 1.165) is 30.5 Å². The molecule has 1 saturated carbocycles. The predicted octanol–water partition coefficient (Wildman–Crippen LogP) is 5.42. The number of carbonyl (C=O) groups excluding carboxylic acids is 1. The smallest absolute Gasteiger partial charge is 0.238 e. The number of aldehydes is 1. The Labute approximate surface area is 180 Å². The summed E-state index contributed by atoms with van der Waals surface area (Å²) in [5.41, 5.74) is 2.13. The van der Waals surface area contributed by atoms with Crippen LogP contribution in [-0.4, -0.2) is 10.9 Å². The summed E-state index contributed by atoms with van der Waals surface area (Å²) in [7, 11) is 0. The summed E-state index contributed by atoms with van der Waals surface area (Å²) in [4.78, 5) is 25.3. The minimum Gasteiger partial charge on any atom is -0.483 e. The number of aromatic nitrogens is 1. The van der Waals surface area contributed by atoms with E-state index in [9.17, 15) is 9.59 Å². The molecule has 4 unspecified atom stereocenters. The number of rotatable bonds is 6. The van der Waals surface area contributed by atoms with Gasteiger partial charge in [-0.25, -0.2) is 0 Å². The predicted molar refractivity (Wildman–Crippen MR) is 118 cm³/mol. The first kappa shape index (κ1) is 20.4. The first-order valence-electron chi connectivity index (χ1n) is 10.5. The van der Waals surface area contributed by atoms with E-state index in [1.54, 1.807) is 0 Å². The number of hydrogen-bond acceptors (Lipinski definition) is 3. The quantitative estimate of drug-likeness (QED) is 0.544. The summed E-state index contributed by atoms with van der Waals surface area (Å²) in [5.74, 6) is 2.74. The molecule has 5 heteroatoms. The monoisotopic (exact) mass is 457 g/mol. The Morgan fingerprint density at radius 1 is 1.24 bits per heavy atom. The molecule has 1 fully saturated rings. The maximum atomic E-state index is 13.2. The SMILES string of the molecule is CC(C)C1CC(C2CC2C)c2c(Br)c(=O)c(OCc3ccccc3)c(C=O)n2C1. The van der Waals surface area contributed by atoms with Gasteiger partial charge in [0.25, 0.3) is 0 Å². The minimum absolute atomic E-state index is 0.159. The van der Waals surface area contributed by atoms with Crippen molar-refractivity contribution in [3.05, 3.63) is 62.0 Å². The Morgan fingerprint density at radius 2 is 1.93 bits per heavy atom. The van der Waals surface area contributed by atoms with Gasteiger partial charge < -0.3 is 9.30 Å². The molecule has 1 aliphatic heterocycles. The second-order valence-corrected chi connectivity index (χ2v) is 9.76. The molecule has 4 atom stereocenters. The van der Waals surface area contributed by atoms with Gasteiger partial charge in [0.15, 0.2) is 12.0 Å². The van der Waals surface area contributed by atoms with Gasteiger partial charge in [0.2, 0.25) is 5.43 Å². The van der Waals surface area contributed by atoms with E-state index in [4.69, 9.17) is 4.74 Å². The maximum Gasteiger partial charge on any atom is 0.238 e. The summed E-state index contributed by atoms with van der Waals surface area (Å²) >= 11 is 3.59. The second-order valence-electron chi connectivity index (χ2n) is 8.97.